The van der Waals surface area contributed by atoms with Crippen LogP contribution in [0.3, 0.4) is 0 Å². The number of aliphatic hydroxyl groups is 1. The molecule has 1 aromatic rings. The second-order valence-corrected chi connectivity index (χ2v) is 5.93. The first-order chi connectivity index (χ1) is 8.87. The summed E-state index contributed by atoms with van der Waals surface area (Å²) in [7, 11) is 0. The molecule has 104 valence electrons. The maximum Gasteiger partial charge on any atom is 0.408 e. The van der Waals surface area contributed by atoms with E-state index >= 15 is 0 Å². The number of amides is 1. The van der Waals surface area contributed by atoms with E-state index in [4.69, 9.17) is 4.74 Å². The third-order valence-electron chi connectivity index (χ3n) is 3.16. The second kappa shape index (κ2) is 5.21. The van der Waals surface area contributed by atoms with Crippen LogP contribution in [0.25, 0.3) is 0 Å². The van der Waals surface area contributed by atoms with Gasteiger partial charge in [-0.2, -0.15) is 0 Å². The number of hydrogen-bond donors (Lipinski definition) is 2. The van der Waals surface area contributed by atoms with Crippen LogP contribution < -0.4 is 5.32 Å². The minimum Gasteiger partial charge on any atom is -0.444 e. The van der Waals surface area contributed by atoms with Gasteiger partial charge >= 0.3 is 6.09 Å². The third-order valence-corrected chi connectivity index (χ3v) is 3.16. The summed E-state index contributed by atoms with van der Waals surface area (Å²) in [4.78, 5) is 11.8. The Morgan fingerprint density at radius 2 is 2.05 bits per heavy atom. The standard InChI is InChI=1S/C15H21NO3/c1-15(2,3)19-14(18)16-13-11-7-5-4-6-10(11)8-9-12(13)17/h4-7,12-13,17H,8-9H2,1-3H3,(H,16,18)/t12-,13+/m1/s1. The van der Waals surface area contributed by atoms with Crippen LogP contribution in [-0.2, 0) is 11.2 Å². The van der Waals surface area contributed by atoms with Crippen molar-refractivity contribution in [3.63, 3.8) is 0 Å². The third kappa shape index (κ3) is 3.47. The van der Waals surface area contributed by atoms with E-state index in [0.717, 1.165) is 12.0 Å². The minimum atomic E-state index is -0.567. The van der Waals surface area contributed by atoms with E-state index in [0.29, 0.717) is 6.42 Å². The number of hydrogen-bond acceptors (Lipinski definition) is 3. The van der Waals surface area contributed by atoms with Crippen molar-refractivity contribution in [2.24, 2.45) is 0 Å². The van der Waals surface area contributed by atoms with E-state index in [1.54, 1.807) is 0 Å². The molecule has 0 radical (unpaired) electrons. The van der Waals surface area contributed by atoms with E-state index in [9.17, 15) is 9.90 Å². The minimum absolute atomic E-state index is 0.389. The van der Waals surface area contributed by atoms with Crippen molar-refractivity contribution in [2.75, 3.05) is 0 Å². The van der Waals surface area contributed by atoms with Crippen molar-refractivity contribution < 1.29 is 14.6 Å². The van der Waals surface area contributed by atoms with E-state index in [-0.39, 0.29) is 6.04 Å². The average Bonchev–Trinajstić information content (AvgIpc) is 2.31. The summed E-state index contributed by atoms with van der Waals surface area (Å²) in [6.45, 7) is 5.45. The number of nitrogens with one attached hydrogen (secondary N) is 1. The summed E-state index contributed by atoms with van der Waals surface area (Å²) >= 11 is 0. The second-order valence-electron chi connectivity index (χ2n) is 5.93. The predicted molar refractivity (Wildman–Crippen MR) is 72.9 cm³/mol. The highest BCUT2D eigenvalue weighted by molar-refractivity contribution is 5.68. The van der Waals surface area contributed by atoms with Crippen LogP contribution >= 0.6 is 0 Å². The fourth-order valence-corrected chi connectivity index (χ4v) is 2.35. The molecule has 4 nitrogen and oxygen atoms in total. The first-order valence-corrected chi connectivity index (χ1v) is 6.62. The van der Waals surface area contributed by atoms with Gasteiger partial charge in [-0.25, -0.2) is 4.79 Å². The van der Waals surface area contributed by atoms with Gasteiger partial charge in [-0.05, 0) is 44.7 Å². The van der Waals surface area contributed by atoms with Crippen molar-refractivity contribution in [1.29, 1.82) is 0 Å². The lowest BCUT2D eigenvalue weighted by atomic mass is 9.86. The SMILES string of the molecule is CC(C)(C)OC(=O)N[C@H]1c2ccccc2CC[C@H]1O. The Kier molecular flexibility index (Phi) is 3.80. The molecule has 0 bridgehead atoms. The summed E-state index contributed by atoms with van der Waals surface area (Å²) in [6.07, 6.45) is 0.428. The monoisotopic (exact) mass is 263 g/mol. The van der Waals surface area contributed by atoms with Gasteiger partial charge in [-0.3, -0.25) is 0 Å². The first-order valence-electron chi connectivity index (χ1n) is 6.62. The van der Waals surface area contributed by atoms with E-state index < -0.39 is 17.8 Å². The van der Waals surface area contributed by atoms with Crippen LogP contribution in [0.5, 0.6) is 0 Å². The predicted octanol–water partition coefficient (Wildman–Crippen LogP) is 2.56. The Morgan fingerprint density at radius 3 is 2.74 bits per heavy atom. The number of carbonyl (C=O) groups is 1. The molecule has 0 aromatic heterocycles. The normalized spacial score (nSPS) is 22.5. The molecule has 0 aliphatic heterocycles. The number of carbonyl (C=O) groups excluding carboxylic acids is 1. The molecule has 0 fully saturated rings. The van der Waals surface area contributed by atoms with Crippen molar-refractivity contribution in [2.45, 2.75) is 51.4 Å². The van der Waals surface area contributed by atoms with Gasteiger partial charge < -0.3 is 15.2 Å². The Hall–Kier alpha value is -1.55. The summed E-state index contributed by atoms with van der Waals surface area (Å²) in [5, 5.41) is 12.9. The van der Waals surface area contributed by atoms with Crippen LogP contribution in [0.2, 0.25) is 0 Å². The molecule has 1 aliphatic rings. The number of aryl methyl sites for hydroxylation is 1. The quantitative estimate of drug-likeness (QED) is 0.818. The molecule has 1 aromatic carbocycles. The summed E-state index contributed by atoms with van der Waals surface area (Å²) < 4.78 is 5.24. The molecule has 2 atom stereocenters. The van der Waals surface area contributed by atoms with E-state index in [1.807, 2.05) is 45.0 Å². The molecule has 1 amide bonds. The maximum atomic E-state index is 11.8. The van der Waals surface area contributed by atoms with Crippen molar-refractivity contribution in [1.82, 2.24) is 5.32 Å². The zero-order valence-corrected chi connectivity index (χ0v) is 11.6. The number of fused-ring (bicyclic) bond motifs is 1. The van der Waals surface area contributed by atoms with Crippen LogP contribution in [0, 0.1) is 0 Å². The molecule has 2 N–H and O–H groups in total. The molecule has 0 saturated heterocycles. The Bertz CT molecular complexity index is 465. The van der Waals surface area contributed by atoms with Gasteiger partial charge in [0.05, 0.1) is 12.1 Å². The van der Waals surface area contributed by atoms with Gasteiger partial charge in [0.2, 0.25) is 0 Å². The summed E-state index contributed by atoms with van der Waals surface area (Å²) in [5.41, 5.74) is 1.62. The largest absolute Gasteiger partial charge is 0.444 e. The van der Waals surface area contributed by atoms with Crippen molar-refractivity contribution >= 4 is 6.09 Å². The molecule has 4 heteroatoms. The highest BCUT2D eigenvalue weighted by Gasteiger charge is 2.30. The van der Waals surface area contributed by atoms with Gasteiger partial charge in [-0.1, -0.05) is 24.3 Å². The van der Waals surface area contributed by atoms with Gasteiger partial charge in [-0.15, -0.1) is 0 Å². The van der Waals surface area contributed by atoms with Crippen LogP contribution in [0.1, 0.15) is 44.4 Å². The number of benzene rings is 1. The number of ether oxygens (including phenoxy) is 1. The lowest BCUT2D eigenvalue weighted by Crippen LogP contribution is -2.41. The zero-order chi connectivity index (χ0) is 14.0. The van der Waals surface area contributed by atoms with Crippen LogP contribution in [0.15, 0.2) is 24.3 Å². The molecule has 1 aliphatic carbocycles. The molecule has 0 unspecified atom stereocenters. The Labute approximate surface area is 113 Å². The maximum absolute atomic E-state index is 11.8. The molecule has 0 heterocycles. The van der Waals surface area contributed by atoms with Crippen LogP contribution in [-0.4, -0.2) is 22.9 Å². The highest BCUT2D eigenvalue weighted by atomic mass is 16.6. The van der Waals surface area contributed by atoms with Gasteiger partial charge in [0.15, 0.2) is 0 Å². The van der Waals surface area contributed by atoms with Gasteiger partial charge in [0.25, 0.3) is 0 Å². The lowest BCUT2D eigenvalue weighted by molar-refractivity contribution is 0.0399. The Balaban J connectivity index is 2.13. The fraction of sp³-hybridized carbons (Fsp3) is 0.533. The van der Waals surface area contributed by atoms with Crippen LogP contribution in [0.4, 0.5) is 4.79 Å². The molecule has 0 saturated carbocycles. The van der Waals surface area contributed by atoms with E-state index in [2.05, 4.69) is 5.32 Å². The molecule has 2 rings (SSSR count). The molecular weight excluding hydrogens is 242 g/mol. The molecule has 0 spiro atoms. The fourth-order valence-electron chi connectivity index (χ4n) is 2.35. The highest BCUT2D eigenvalue weighted by Crippen LogP contribution is 2.30. The summed E-state index contributed by atoms with van der Waals surface area (Å²) in [6, 6.07) is 7.48. The van der Waals surface area contributed by atoms with Gasteiger partial charge in [0, 0.05) is 0 Å². The smallest absolute Gasteiger partial charge is 0.408 e. The van der Waals surface area contributed by atoms with Crippen molar-refractivity contribution in [3.8, 4) is 0 Å². The average molecular weight is 263 g/mol. The topological polar surface area (TPSA) is 58.6 Å². The number of alkyl carbamates (subject to hydrolysis) is 1. The molecule has 19 heavy (non-hydrogen) atoms. The number of aliphatic hydroxyl groups excluding tert-OH is 1. The lowest BCUT2D eigenvalue weighted by Gasteiger charge is -2.31. The van der Waals surface area contributed by atoms with Gasteiger partial charge in [0.1, 0.15) is 5.60 Å². The Morgan fingerprint density at radius 1 is 1.37 bits per heavy atom. The van der Waals surface area contributed by atoms with Crippen molar-refractivity contribution in [3.05, 3.63) is 35.4 Å². The summed E-state index contributed by atoms with van der Waals surface area (Å²) in [5.74, 6) is 0. The molecular formula is C15H21NO3. The number of rotatable bonds is 1. The first kappa shape index (κ1) is 13.9. The zero-order valence-electron chi connectivity index (χ0n) is 11.6. The van der Waals surface area contributed by atoms with E-state index in [1.165, 1.54) is 5.56 Å².